The van der Waals surface area contributed by atoms with Crippen LogP contribution in [0.25, 0.3) is 20.2 Å². The van der Waals surface area contributed by atoms with E-state index in [1.807, 2.05) is 12.1 Å². The second kappa shape index (κ2) is 12.3. The molecule has 5 rings (SSSR count). The molecule has 1 saturated carbocycles. The van der Waals surface area contributed by atoms with Gasteiger partial charge in [0.05, 0.1) is 42.4 Å². The van der Waals surface area contributed by atoms with Crippen LogP contribution >= 0.6 is 22.7 Å². The van der Waals surface area contributed by atoms with Crippen molar-refractivity contribution < 1.29 is 48.0 Å². The summed E-state index contributed by atoms with van der Waals surface area (Å²) in [5.74, 6) is -4.48. The number of Topliss-reactive ketones (excluding diaryl/α,β-unsaturated/α-hetero) is 2. The van der Waals surface area contributed by atoms with Crippen LogP contribution in [-0.4, -0.2) is 54.5 Å². The monoisotopic (exact) mass is 628 g/mol. The maximum atomic E-state index is 15.6. The van der Waals surface area contributed by atoms with Gasteiger partial charge in [-0.3, -0.25) is 19.2 Å². The van der Waals surface area contributed by atoms with Crippen molar-refractivity contribution in [1.82, 2.24) is 0 Å². The molecule has 0 radical (unpaired) electrons. The van der Waals surface area contributed by atoms with E-state index in [-0.39, 0.29) is 47.9 Å². The number of aryl methyl sites for hydroxylation is 1. The van der Waals surface area contributed by atoms with Gasteiger partial charge in [0, 0.05) is 33.2 Å². The maximum Gasteiger partial charge on any atom is 0.307 e. The van der Waals surface area contributed by atoms with Crippen LogP contribution in [0, 0.1) is 23.6 Å². The van der Waals surface area contributed by atoms with E-state index in [0.29, 0.717) is 33.0 Å². The number of hydrogen-bond acceptors (Lipinski definition) is 9. The van der Waals surface area contributed by atoms with Gasteiger partial charge >= 0.3 is 11.9 Å². The molecule has 2 aromatic carbocycles. The number of carboxylic acid groups (broad SMARTS) is 2. The van der Waals surface area contributed by atoms with Crippen molar-refractivity contribution in [2.75, 3.05) is 20.8 Å². The number of benzene rings is 2. The van der Waals surface area contributed by atoms with Crippen molar-refractivity contribution in [2.24, 2.45) is 17.8 Å². The van der Waals surface area contributed by atoms with Crippen molar-refractivity contribution in [3.8, 4) is 17.2 Å². The molecule has 226 valence electrons. The summed E-state index contributed by atoms with van der Waals surface area (Å²) in [6.45, 7) is 1.65. The van der Waals surface area contributed by atoms with Crippen molar-refractivity contribution in [3.05, 3.63) is 51.5 Å². The quantitative estimate of drug-likeness (QED) is 0.119. The number of hydrogen-bond donors (Lipinski definition) is 2. The third kappa shape index (κ3) is 6.21. The Bertz CT molecular complexity index is 1760. The number of thiophene rings is 2. The SMILES string of the molecule is COc1cc2sc(C(=O)C[C@H](C)C(=O)O)cc2cc1CCCOc1c(OC)cc2sc(C(=O)[C@@H]3C[C@H]3C(=O)O)cc2c1F. The van der Waals surface area contributed by atoms with Gasteiger partial charge < -0.3 is 24.4 Å². The van der Waals surface area contributed by atoms with E-state index in [9.17, 15) is 19.2 Å². The van der Waals surface area contributed by atoms with Gasteiger partial charge in [0.2, 0.25) is 0 Å². The molecule has 4 aromatic rings. The Hall–Kier alpha value is -4.03. The van der Waals surface area contributed by atoms with E-state index in [1.54, 1.807) is 19.2 Å². The minimum Gasteiger partial charge on any atom is -0.496 e. The van der Waals surface area contributed by atoms with E-state index in [2.05, 4.69) is 0 Å². The number of ether oxygens (including phenoxy) is 3. The standard InChI is InChI=1S/C31H29FO9S2/c1-14(30(35)36)7-20(33)25-9-16-8-15(21(39-2)12-23(16)42-25)5-4-6-41-29-22(40-3)13-24-19(27(29)32)11-26(43-24)28(34)17-10-18(17)31(37)38/h8-9,11-14,17-18H,4-7,10H2,1-3H3,(H,35,36)(H,37,38)/t14-,17+,18+/m0/s1. The molecule has 2 aromatic heterocycles. The molecule has 2 heterocycles. The number of methoxy groups -OCH3 is 2. The molecule has 1 fully saturated rings. The molecule has 43 heavy (non-hydrogen) atoms. The molecule has 3 atom stereocenters. The third-order valence-corrected chi connectivity index (χ3v) is 9.77. The van der Waals surface area contributed by atoms with Crippen LogP contribution in [0.4, 0.5) is 4.39 Å². The number of halogens is 1. The molecule has 0 amide bonds. The van der Waals surface area contributed by atoms with Crippen LogP contribution < -0.4 is 14.2 Å². The fourth-order valence-electron chi connectivity index (χ4n) is 4.99. The first-order valence-corrected chi connectivity index (χ1v) is 15.2. The van der Waals surface area contributed by atoms with Gasteiger partial charge in [0.1, 0.15) is 5.75 Å². The summed E-state index contributed by atoms with van der Waals surface area (Å²) >= 11 is 2.39. The molecule has 1 aliphatic rings. The Morgan fingerprint density at radius 3 is 2.30 bits per heavy atom. The fraction of sp³-hybridized carbons (Fsp3) is 0.355. The number of aliphatic carboxylic acids is 2. The van der Waals surface area contributed by atoms with Crippen molar-refractivity contribution in [3.63, 3.8) is 0 Å². The number of carbonyl (C=O) groups excluding carboxylic acids is 2. The van der Waals surface area contributed by atoms with E-state index >= 15 is 4.39 Å². The van der Waals surface area contributed by atoms with E-state index < -0.39 is 35.5 Å². The Balaban J connectivity index is 1.28. The lowest BCUT2D eigenvalue weighted by Gasteiger charge is -2.13. The molecule has 0 bridgehead atoms. The van der Waals surface area contributed by atoms with E-state index in [4.69, 9.17) is 24.4 Å². The Morgan fingerprint density at radius 2 is 1.65 bits per heavy atom. The number of ketones is 2. The average Bonchev–Trinajstić information content (AvgIpc) is 3.50. The number of fused-ring (bicyclic) bond motifs is 2. The van der Waals surface area contributed by atoms with Crippen molar-refractivity contribution in [2.45, 2.75) is 32.6 Å². The zero-order valence-corrected chi connectivity index (χ0v) is 25.2. The number of carbonyl (C=O) groups is 4. The Kier molecular flexibility index (Phi) is 8.70. The summed E-state index contributed by atoms with van der Waals surface area (Å²) in [7, 11) is 2.95. The summed E-state index contributed by atoms with van der Waals surface area (Å²) < 4.78 is 33.7. The summed E-state index contributed by atoms with van der Waals surface area (Å²) in [5, 5.41) is 19.3. The average molecular weight is 629 g/mol. The molecule has 0 spiro atoms. The van der Waals surface area contributed by atoms with Gasteiger partial charge in [-0.1, -0.05) is 6.92 Å². The van der Waals surface area contributed by atoms with E-state index in [0.717, 1.165) is 27.0 Å². The normalized spacial score (nSPS) is 16.7. The van der Waals surface area contributed by atoms with Gasteiger partial charge in [-0.05, 0) is 54.5 Å². The first-order valence-electron chi connectivity index (χ1n) is 13.6. The smallest absolute Gasteiger partial charge is 0.307 e. The van der Waals surface area contributed by atoms with Crippen molar-refractivity contribution in [1.29, 1.82) is 0 Å². The molecule has 0 aliphatic heterocycles. The lowest BCUT2D eigenvalue weighted by atomic mass is 10.0. The maximum absolute atomic E-state index is 15.6. The zero-order valence-electron chi connectivity index (χ0n) is 23.6. The van der Waals surface area contributed by atoms with Crippen LogP contribution in [0.2, 0.25) is 0 Å². The summed E-state index contributed by atoms with van der Waals surface area (Å²) in [6.07, 6.45) is 1.24. The zero-order chi connectivity index (χ0) is 31.0. The van der Waals surface area contributed by atoms with Crippen LogP contribution in [0.3, 0.4) is 0 Å². The predicted octanol–water partition coefficient (Wildman–Crippen LogP) is 6.48. The second-order valence-corrected chi connectivity index (χ2v) is 12.7. The van der Waals surface area contributed by atoms with Gasteiger partial charge in [0.25, 0.3) is 0 Å². The second-order valence-electron chi connectivity index (χ2n) is 10.5. The lowest BCUT2D eigenvalue weighted by Crippen LogP contribution is -2.13. The van der Waals surface area contributed by atoms with Gasteiger partial charge in [-0.2, -0.15) is 0 Å². The number of rotatable bonds is 14. The molecular formula is C31H29FO9S2. The van der Waals surface area contributed by atoms with Crippen LogP contribution in [0.15, 0.2) is 30.3 Å². The van der Waals surface area contributed by atoms with Gasteiger partial charge in [-0.25, -0.2) is 4.39 Å². The lowest BCUT2D eigenvalue weighted by molar-refractivity contribution is -0.141. The minimum absolute atomic E-state index is 0.0689. The molecule has 0 saturated heterocycles. The number of carboxylic acids is 2. The molecule has 1 aliphatic carbocycles. The first kappa shape index (κ1) is 30.4. The van der Waals surface area contributed by atoms with Gasteiger partial charge in [0.15, 0.2) is 28.9 Å². The third-order valence-electron chi connectivity index (χ3n) is 7.53. The highest BCUT2D eigenvalue weighted by atomic mass is 32.1. The van der Waals surface area contributed by atoms with Gasteiger partial charge in [-0.15, -0.1) is 22.7 Å². The predicted molar refractivity (Wildman–Crippen MR) is 160 cm³/mol. The van der Waals surface area contributed by atoms with Crippen LogP contribution in [-0.2, 0) is 16.0 Å². The van der Waals surface area contributed by atoms with Crippen LogP contribution in [0.1, 0.15) is 51.1 Å². The van der Waals surface area contributed by atoms with Crippen LogP contribution in [0.5, 0.6) is 17.2 Å². The minimum atomic E-state index is -1.02. The highest BCUT2D eigenvalue weighted by molar-refractivity contribution is 7.21. The highest BCUT2D eigenvalue weighted by Crippen LogP contribution is 2.45. The summed E-state index contributed by atoms with van der Waals surface area (Å²) in [4.78, 5) is 48.4. The molecular weight excluding hydrogens is 599 g/mol. The molecule has 12 heteroatoms. The van der Waals surface area contributed by atoms with Crippen molar-refractivity contribution >= 4 is 66.4 Å². The summed E-state index contributed by atoms with van der Waals surface area (Å²) in [6, 6.07) is 8.59. The van der Waals surface area contributed by atoms with E-state index in [1.165, 1.54) is 31.4 Å². The molecule has 2 N–H and O–H groups in total. The largest absolute Gasteiger partial charge is 0.496 e. The molecule has 0 unspecified atom stereocenters. The topological polar surface area (TPSA) is 136 Å². The highest BCUT2D eigenvalue weighted by Gasteiger charge is 2.48. The first-order chi connectivity index (χ1) is 20.5. The Labute approximate surface area is 253 Å². The Morgan fingerprint density at radius 1 is 0.953 bits per heavy atom. The summed E-state index contributed by atoms with van der Waals surface area (Å²) in [5.41, 5.74) is 0.873. The molecule has 9 nitrogen and oxygen atoms in total. The fourth-order valence-corrected chi connectivity index (χ4v) is 7.10.